The fraction of sp³-hybridized carbons (Fsp3) is 0.533. The molecule has 1 atom stereocenters. The summed E-state index contributed by atoms with van der Waals surface area (Å²) in [6.45, 7) is 1.31. The summed E-state index contributed by atoms with van der Waals surface area (Å²) in [5, 5.41) is 5.47. The zero-order chi connectivity index (χ0) is 16.7. The van der Waals surface area contributed by atoms with Gasteiger partial charge in [0, 0.05) is 31.2 Å². The Morgan fingerprint density at radius 1 is 1.43 bits per heavy atom. The Kier molecular flexibility index (Phi) is 6.23. The van der Waals surface area contributed by atoms with E-state index in [4.69, 9.17) is 9.47 Å². The van der Waals surface area contributed by atoms with Gasteiger partial charge < -0.3 is 20.1 Å². The first-order valence-electron chi connectivity index (χ1n) is 7.49. The Morgan fingerprint density at radius 3 is 2.96 bits per heavy atom. The zero-order valence-electron chi connectivity index (χ0n) is 13.1. The van der Waals surface area contributed by atoms with Gasteiger partial charge in [-0.15, -0.1) is 0 Å². The number of ether oxygens (including phenoxy) is 2. The van der Waals surface area contributed by atoms with Gasteiger partial charge >= 0.3 is 6.03 Å². The molecule has 0 bridgehead atoms. The first-order chi connectivity index (χ1) is 10.9. The fourth-order valence-corrected chi connectivity index (χ4v) is 2.55. The summed E-state index contributed by atoms with van der Waals surface area (Å²) >= 11 is 0. The van der Waals surface area contributed by atoms with Gasteiger partial charge in [0.15, 0.2) is 9.84 Å². The molecule has 7 nitrogen and oxygen atoms in total. The molecule has 8 heteroatoms. The van der Waals surface area contributed by atoms with Crippen LogP contribution in [0.4, 0.5) is 10.5 Å². The normalized spacial score (nSPS) is 17.7. The molecule has 1 aliphatic heterocycles. The molecule has 23 heavy (non-hydrogen) atoms. The van der Waals surface area contributed by atoms with Crippen LogP contribution < -0.4 is 15.4 Å². The molecule has 1 saturated heterocycles. The van der Waals surface area contributed by atoms with E-state index in [1.54, 1.807) is 24.3 Å². The average molecular weight is 342 g/mol. The second kappa shape index (κ2) is 8.16. The van der Waals surface area contributed by atoms with E-state index >= 15 is 0 Å². The molecule has 1 aliphatic rings. The molecule has 0 aromatic heterocycles. The summed E-state index contributed by atoms with van der Waals surface area (Å²) in [6.07, 6.45) is 3.24. The van der Waals surface area contributed by atoms with E-state index in [0.717, 1.165) is 25.7 Å². The van der Waals surface area contributed by atoms with Crippen LogP contribution in [0.25, 0.3) is 0 Å². The van der Waals surface area contributed by atoms with Gasteiger partial charge in [0.2, 0.25) is 0 Å². The van der Waals surface area contributed by atoms with Gasteiger partial charge in [-0.05, 0) is 25.0 Å². The second-order valence-corrected chi connectivity index (χ2v) is 7.74. The molecule has 0 saturated carbocycles. The maximum absolute atomic E-state index is 11.8. The molecular weight excluding hydrogens is 320 g/mol. The van der Waals surface area contributed by atoms with Crippen molar-refractivity contribution in [2.24, 2.45) is 0 Å². The maximum Gasteiger partial charge on any atom is 0.319 e. The standard InChI is InChI=1S/C15H22N2O5S/c1-23(19,20)9-8-22-13-5-2-4-12(10-13)17-15(18)16-11-14-6-3-7-21-14/h2,4-5,10,14H,3,6-9,11H2,1H3,(H2,16,17,18)/t14-/m0/s1. The Morgan fingerprint density at radius 2 is 2.26 bits per heavy atom. The van der Waals surface area contributed by atoms with Crippen LogP contribution >= 0.6 is 0 Å². The van der Waals surface area contributed by atoms with Gasteiger partial charge in [-0.1, -0.05) is 6.07 Å². The summed E-state index contributed by atoms with van der Waals surface area (Å²) in [5.74, 6) is 0.456. The highest BCUT2D eigenvalue weighted by atomic mass is 32.2. The number of amides is 2. The number of carbonyl (C=O) groups excluding carboxylic acids is 1. The van der Waals surface area contributed by atoms with Gasteiger partial charge in [0.25, 0.3) is 0 Å². The summed E-state index contributed by atoms with van der Waals surface area (Å²) in [5.41, 5.74) is 0.576. The van der Waals surface area contributed by atoms with Crippen molar-refractivity contribution in [3.63, 3.8) is 0 Å². The average Bonchev–Trinajstić information content (AvgIpc) is 2.97. The van der Waals surface area contributed by atoms with Crippen molar-refractivity contribution in [1.82, 2.24) is 5.32 Å². The molecule has 0 aliphatic carbocycles. The number of benzene rings is 1. The number of hydrogen-bond acceptors (Lipinski definition) is 5. The summed E-state index contributed by atoms with van der Waals surface area (Å²) in [4.78, 5) is 11.8. The Balaban J connectivity index is 1.78. The third-order valence-corrected chi connectivity index (χ3v) is 4.24. The van der Waals surface area contributed by atoms with E-state index in [0.29, 0.717) is 18.0 Å². The van der Waals surface area contributed by atoms with E-state index < -0.39 is 9.84 Å². The van der Waals surface area contributed by atoms with E-state index in [-0.39, 0.29) is 24.5 Å². The van der Waals surface area contributed by atoms with Gasteiger partial charge in [0.1, 0.15) is 12.4 Å². The quantitative estimate of drug-likeness (QED) is 0.781. The highest BCUT2D eigenvalue weighted by Crippen LogP contribution is 2.17. The largest absolute Gasteiger partial charge is 0.492 e. The van der Waals surface area contributed by atoms with Crippen molar-refractivity contribution in [2.75, 3.05) is 37.1 Å². The summed E-state index contributed by atoms with van der Waals surface area (Å²) in [7, 11) is -3.06. The van der Waals surface area contributed by atoms with Gasteiger partial charge in [-0.25, -0.2) is 13.2 Å². The molecule has 1 aromatic rings. The smallest absolute Gasteiger partial charge is 0.319 e. The molecule has 0 spiro atoms. The number of hydrogen-bond donors (Lipinski definition) is 2. The third kappa shape index (κ3) is 6.87. The molecule has 2 amide bonds. The second-order valence-electron chi connectivity index (χ2n) is 5.48. The molecular formula is C15H22N2O5S. The van der Waals surface area contributed by atoms with Crippen molar-refractivity contribution in [1.29, 1.82) is 0 Å². The van der Waals surface area contributed by atoms with E-state index in [9.17, 15) is 13.2 Å². The van der Waals surface area contributed by atoms with Crippen molar-refractivity contribution in [3.05, 3.63) is 24.3 Å². The minimum atomic E-state index is -3.06. The van der Waals surface area contributed by atoms with Gasteiger partial charge in [0.05, 0.1) is 11.9 Å². The molecule has 1 heterocycles. The lowest BCUT2D eigenvalue weighted by Gasteiger charge is -2.12. The lowest BCUT2D eigenvalue weighted by molar-refractivity contribution is 0.112. The van der Waals surface area contributed by atoms with Crippen LogP contribution in [0.2, 0.25) is 0 Å². The van der Waals surface area contributed by atoms with Gasteiger partial charge in [-0.3, -0.25) is 0 Å². The molecule has 2 rings (SSSR count). The number of nitrogens with one attached hydrogen (secondary N) is 2. The van der Waals surface area contributed by atoms with E-state index in [1.807, 2.05) is 0 Å². The van der Waals surface area contributed by atoms with Crippen LogP contribution in [0.15, 0.2) is 24.3 Å². The van der Waals surface area contributed by atoms with Crippen LogP contribution in [-0.4, -0.2) is 52.3 Å². The zero-order valence-corrected chi connectivity index (χ0v) is 13.9. The van der Waals surface area contributed by atoms with Crippen molar-refractivity contribution < 1.29 is 22.7 Å². The summed E-state index contributed by atoms with van der Waals surface area (Å²) in [6, 6.07) is 6.50. The molecule has 128 valence electrons. The monoisotopic (exact) mass is 342 g/mol. The first-order valence-corrected chi connectivity index (χ1v) is 9.55. The predicted octanol–water partition coefficient (Wildman–Crippen LogP) is 1.41. The number of anilines is 1. The Bertz CT molecular complexity index is 627. The predicted molar refractivity (Wildman–Crippen MR) is 87.6 cm³/mol. The van der Waals surface area contributed by atoms with E-state index in [2.05, 4.69) is 10.6 Å². The maximum atomic E-state index is 11.8. The fourth-order valence-electron chi connectivity index (χ4n) is 2.16. The number of rotatable bonds is 7. The Labute approximate surface area is 136 Å². The highest BCUT2D eigenvalue weighted by molar-refractivity contribution is 7.90. The topological polar surface area (TPSA) is 93.7 Å². The van der Waals surface area contributed by atoms with Crippen LogP contribution in [-0.2, 0) is 14.6 Å². The first kappa shape index (κ1) is 17.6. The molecule has 0 radical (unpaired) electrons. The van der Waals surface area contributed by atoms with Gasteiger partial charge in [-0.2, -0.15) is 0 Å². The minimum absolute atomic E-state index is 0.0491. The van der Waals surface area contributed by atoms with Crippen LogP contribution in [0.5, 0.6) is 5.75 Å². The van der Waals surface area contributed by atoms with Crippen molar-refractivity contribution in [3.8, 4) is 5.75 Å². The number of sulfone groups is 1. The lowest BCUT2D eigenvalue weighted by atomic mass is 10.2. The number of urea groups is 1. The van der Waals surface area contributed by atoms with Crippen LogP contribution in [0.1, 0.15) is 12.8 Å². The minimum Gasteiger partial charge on any atom is -0.492 e. The highest BCUT2D eigenvalue weighted by Gasteiger charge is 2.16. The van der Waals surface area contributed by atoms with Crippen LogP contribution in [0.3, 0.4) is 0 Å². The summed E-state index contributed by atoms with van der Waals surface area (Å²) < 4.78 is 32.9. The molecule has 0 unspecified atom stereocenters. The third-order valence-electron chi connectivity index (χ3n) is 3.33. The molecule has 1 aromatic carbocycles. The molecule has 2 N–H and O–H groups in total. The SMILES string of the molecule is CS(=O)(=O)CCOc1cccc(NC(=O)NC[C@@H]2CCCO2)c1. The van der Waals surface area contributed by atoms with Crippen LogP contribution in [0, 0.1) is 0 Å². The van der Waals surface area contributed by atoms with E-state index in [1.165, 1.54) is 0 Å². The van der Waals surface area contributed by atoms with Crippen molar-refractivity contribution >= 4 is 21.6 Å². The molecule has 1 fully saturated rings. The number of carbonyl (C=O) groups is 1. The lowest BCUT2D eigenvalue weighted by Crippen LogP contribution is -2.35. The Hall–Kier alpha value is -1.80. The van der Waals surface area contributed by atoms with Crippen molar-refractivity contribution in [2.45, 2.75) is 18.9 Å².